The van der Waals surface area contributed by atoms with Crippen LogP contribution in [0.3, 0.4) is 0 Å². The molecule has 2 rings (SSSR count). The average molecular weight is 258 g/mol. The Morgan fingerprint density at radius 3 is 2.94 bits per heavy atom. The maximum absolute atomic E-state index is 12.0. The summed E-state index contributed by atoms with van der Waals surface area (Å²) in [5, 5.41) is 8.98. The largest absolute Gasteiger partial charge is 0.433 e. The average Bonchev–Trinajstić information content (AvgIpc) is 2.78. The van der Waals surface area contributed by atoms with Gasteiger partial charge in [-0.3, -0.25) is 0 Å². The van der Waals surface area contributed by atoms with Crippen molar-refractivity contribution in [3.05, 3.63) is 18.3 Å². The van der Waals surface area contributed by atoms with Gasteiger partial charge in [-0.1, -0.05) is 0 Å². The number of hydrogen-bond acceptors (Lipinski definition) is 4. The van der Waals surface area contributed by atoms with E-state index in [2.05, 4.69) is 14.6 Å². The van der Waals surface area contributed by atoms with Crippen LogP contribution in [0.1, 0.15) is 19.3 Å². The molecule has 1 aromatic rings. The maximum atomic E-state index is 12.0. The molecular weight excluding hydrogens is 242 g/mol. The van der Waals surface area contributed by atoms with Crippen LogP contribution in [0.2, 0.25) is 0 Å². The van der Waals surface area contributed by atoms with E-state index in [9.17, 15) is 8.78 Å². The fraction of sp³-hybridized carbons (Fsp3) is 0.583. The first-order valence-electron chi connectivity index (χ1n) is 5.99. The van der Waals surface area contributed by atoms with Crippen molar-refractivity contribution in [3.63, 3.8) is 0 Å². The van der Waals surface area contributed by atoms with Gasteiger partial charge in [-0.05, 0) is 31.4 Å². The van der Waals surface area contributed by atoms with E-state index in [1.165, 1.54) is 12.3 Å². The molecule has 6 heteroatoms. The predicted molar refractivity (Wildman–Crippen MR) is 62.9 cm³/mol. The summed E-state index contributed by atoms with van der Waals surface area (Å²) in [6.45, 7) is -1.80. The van der Waals surface area contributed by atoms with Crippen molar-refractivity contribution in [3.8, 4) is 5.75 Å². The molecule has 1 atom stereocenters. The summed E-state index contributed by atoms with van der Waals surface area (Å²) in [6, 6.07) is 3.44. The number of hydrogen-bond donors (Lipinski definition) is 1. The lowest BCUT2D eigenvalue weighted by atomic mass is 10.1. The summed E-state index contributed by atoms with van der Waals surface area (Å²) in [7, 11) is 0. The molecule has 4 nitrogen and oxygen atoms in total. The fourth-order valence-corrected chi connectivity index (χ4v) is 2.30. The molecule has 1 aliphatic rings. The van der Waals surface area contributed by atoms with Crippen molar-refractivity contribution in [1.29, 1.82) is 0 Å². The lowest BCUT2D eigenvalue weighted by Gasteiger charge is -2.25. The van der Waals surface area contributed by atoms with Gasteiger partial charge in [0.1, 0.15) is 11.6 Å². The molecule has 100 valence electrons. The summed E-state index contributed by atoms with van der Waals surface area (Å²) < 4.78 is 28.2. The minimum atomic E-state index is -2.83. The van der Waals surface area contributed by atoms with E-state index in [0.29, 0.717) is 6.42 Å². The third-order valence-electron chi connectivity index (χ3n) is 3.08. The van der Waals surface area contributed by atoms with Crippen LogP contribution in [-0.2, 0) is 0 Å². The Hall–Kier alpha value is -1.43. The number of rotatable bonds is 5. The van der Waals surface area contributed by atoms with Gasteiger partial charge in [0.15, 0.2) is 0 Å². The Bertz CT molecular complexity index is 373. The predicted octanol–water partition coefficient (Wildman–Crippen LogP) is 2.03. The first kappa shape index (κ1) is 13.0. The Morgan fingerprint density at radius 2 is 2.33 bits per heavy atom. The quantitative estimate of drug-likeness (QED) is 0.877. The highest BCUT2D eigenvalue weighted by Gasteiger charge is 2.24. The first-order chi connectivity index (χ1) is 8.70. The second-order valence-electron chi connectivity index (χ2n) is 4.23. The van der Waals surface area contributed by atoms with Crippen molar-refractivity contribution in [2.75, 3.05) is 18.1 Å². The second-order valence-corrected chi connectivity index (χ2v) is 4.23. The van der Waals surface area contributed by atoms with Crippen LogP contribution in [0, 0.1) is 0 Å². The van der Waals surface area contributed by atoms with Crippen LogP contribution in [-0.4, -0.2) is 35.9 Å². The van der Waals surface area contributed by atoms with Crippen LogP contribution < -0.4 is 9.64 Å². The number of aromatic nitrogens is 1. The van der Waals surface area contributed by atoms with E-state index in [4.69, 9.17) is 5.11 Å². The Labute approximate surface area is 104 Å². The topological polar surface area (TPSA) is 45.6 Å². The SMILES string of the molecule is OCCC1CCCN1c1ccc(OC(F)F)cn1. The van der Waals surface area contributed by atoms with Crippen molar-refractivity contribution >= 4 is 5.82 Å². The molecule has 0 aromatic carbocycles. The van der Waals surface area contributed by atoms with Gasteiger partial charge in [-0.15, -0.1) is 0 Å². The zero-order valence-electron chi connectivity index (χ0n) is 9.93. The third kappa shape index (κ3) is 3.07. The Kier molecular flexibility index (Phi) is 4.30. The molecule has 1 aromatic heterocycles. The molecule has 1 N–H and O–H groups in total. The molecule has 0 aliphatic carbocycles. The van der Waals surface area contributed by atoms with Gasteiger partial charge < -0.3 is 14.7 Å². The number of anilines is 1. The molecule has 1 fully saturated rings. The number of aliphatic hydroxyl groups is 1. The van der Waals surface area contributed by atoms with Crippen molar-refractivity contribution < 1.29 is 18.6 Å². The molecule has 0 radical (unpaired) electrons. The summed E-state index contributed by atoms with van der Waals surface area (Å²) >= 11 is 0. The van der Waals surface area contributed by atoms with Crippen molar-refractivity contribution in [2.24, 2.45) is 0 Å². The molecule has 0 saturated carbocycles. The summed E-state index contributed by atoms with van der Waals surface area (Å²) in [5.41, 5.74) is 0. The van der Waals surface area contributed by atoms with E-state index in [1.807, 2.05) is 0 Å². The van der Waals surface area contributed by atoms with Gasteiger partial charge >= 0.3 is 6.61 Å². The number of nitrogens with zero attached hydrogens (tertiary/aromatic N) is 2. The van der Waals surface area contributed by atoms with E-state index in [0.717, 1.165) is 25.2 Å². The van der Waals surface area contributed by atoms with E-state index >= 15 is 0 Å². The number of aliphatic hydroxyl groups excluding tert-OH is 1. The van der Waals surface area contributed by atoms with Gasteiger partial charge in [0.2, 0.25) is 0 Å². The fourth-order valence-electron chi connectivity index (χ4n) is 2.30. The van der Waals surface area contributed by atoms with Gasteiger partial charge in [0.25, 0.3) is 0 Å². The highest BCUT2D eigenvalue weighted by Crippen LogP contribution is 2.26. The second kappa shape index (κ2) is 5.95. The minimum Gasteiger partial charge on any atom is -0.433 e. The monoisotopic (exact) mass is 258 g/mol. The zero-order chi connectivity index (χ0) is 13.0. The maximum Gasteiger partial charge on any atom is 0.387 e. The van der Waals surface area contributed by atoms with E-state index in [-0.39, 0.29) is 18.4 Å². The third-order valence-corrected chi connectivity index (χ3v) is 3.08. The van der Waals surface area contributed by atoms with Crippen molar-refractivity contribution in [1.82, 2.24) is 4.98 Å². The summed E-state index contributed by atoms with van der Waals surface area (Å²) in [6.07, 6.45) is 4.09. The van der Waals surface area contributed by atoms with Crippen LogP contribution in [0.25, 0.3) is 0 Å². The molecule has 0 bridgehead atoms. The van der Waals surface area contributed by atoms with Crippen LogP contribution >= 0.6 is 0 Å². The smallest absolute Gasteiger partial charge is 0.387 e. The van der Waals surface area contributed by atoms with Crippen molar-refractivity contribution in [2.45, 2.75) is 31.9 Å². The lowest BCUT2D eigenvalue weighted by molar-refractivity contribution is -0.0500. The van der Waals surface area contributed by atoms with Gasteiger partial charge in [-0.25, -0.2) is 4.98 Å². The van der Waals surface area contributed by atoms with Crippen LogP contribution in [0.5, 0.6) is 5.75 Å². The normalized spacial score (nSPS) is 19.6. The molecule has 1 saturated heterocycles. The molecular formula is C12H16F2N2O2. The molecule has 18 heavy (non-hydrogen) atoms. The standard InChI is InChI=1S/C12H16F2N2O2/c13-12(14)18-10-3-4-11(15-8-10)16-6-1-2-9(16)5-7-17/h3-4,8-9,12,17H,1-2,5-7H2. The molecule has 0 amide bonds. The Morgan fingerprint density at radius 1 is 1.50 bits per heavy atom. The van der Waals surface area contributed by atoms with Gasteiger partial charge in [0, 0.05) is 19.2 Å². The number of halogens is 2. The molecule has 0 spiro atoms. The molecule has 2 heterocycles. The molecule has 1 unspecified atom stereocenters. The summed E-state index contributed by atoms with van der Waals surface area (Å²) in [5.74, 6) is 0.805. The number of pyridine rings is 1. The highest BCUT2D eigenvalue weighted by atomic mass is 19.3. The van der Waals surface area contributed by atoms with E-state index < -0.39 is 6.61 Å². The van der Waals surface area contributed by atoms with Gasteiger partial charge in [-0.2, -0.15) is 8.78 Å². The van der Waals surface area contributed by atoms with Crippen LogP contribution in [0.4, 0.5) is 14.6 Å². The zero-order valence-corrected chi connectivity index (χ0v) is 9.93. The molecule has 1 aliphatic heterocycles. The Balaban J connectivity index is 2.04. The lowest BCUT2D eigenvalue weighted by Crippen LogP contribution is -2.30. The highest BCUT2D eigenvalue weighted by molar-refractivity contribution is 5.43. The first-order valence-corrected chi connectivity index (χ1v) is 5.99. The van der Waals surface area contributed by atoms with Gasteiger partial charge in [0.05, 0.1) is 6.20 Å². The number of alkyl halides is 2. The summed E-state index contributed by atoms with van der Waals surface area (Å²) in [4.78, 5) is 6.23. The van der Waals surface area contributed by atoms with Crippen LogP contribution in [0.15, 0.2) is 18.3 Å². The van der Waals surface area contributed by atoms with E-state index in [1.54, 1.807) is 6.07 Å². The number of ether oxygens (including phenoxy) is 1. The minimum absolute atomic E-state index is 0.0617.